The third kappa shape index (κ3) is 1.58. The van der Waals surface area contributed by atoms with E-state index in [1.807, 2.05) is 5.48 Å². The standard InChI is InChI=1S/C10H9NO4/c12-10(13)9-6-3-1-2-4-7(6)15-8(9)5-11-14/h1-4,11,14H,5H2,(H,12,13). The molecule has 0 aliphatic rings. The summed E-state index contributed by atoms with van der Waals surface area (Å²) >= 11 is 0. The van der Waals surface area contributed by atoms with Gasteiger partial charge in [-0.25, -0.2) is 4.79 Å². The number of para-hydroxylation sites is 1. The van der Waals surface area contributed by atoms with Crippen molar-refractivity contribution in [3.05, 3.63) is 35.6 Å². The number of aromatic carboxylic acids is 1. The number of carboxylic acids is 1. The lowest BCUT2D eigenvalue weighted by atomic mass is 10.1. The molecule has 1 heterocycles. The lowest BCUT2D eigenvalue weighted by Crippen LogP contribution is -2.09. The minimum absolute atomic E-state index is 0.0314. The number of hydrogen-bond donors (Lipinski definition) is 3. The maximum atomic E-state index is 11.0. The minimum atomic E-state index is -1.06. The average Bonchev–Trinajstić information content (AvgIpc) is 2.56. The zero-order chi connectivity index (χ0) is 10.8. The fraction of sp³-hybridized carbons (Fsp3) is 0.100. The lowest BCUT2D eigenvalue weighted by molar-refractivity contribution is 0.0694. The van der Waals surface area contributed by atoms with E-state index in [0.29, 0.717) is 11.0 Å². The van der Waals surface area contributed by atoms with Crippen LogP contribution in [0.5, 0.6) is 0 Å². The molecule has 0 fully saturated rings. The van der Waals surface area contributed by atoms with Gasteiger partial charge < -0.3 is 14.7 Å². The molecule has 0 radical (unpaired) electrons. The summed E-state index contributed by atoms with van der Waals surface area (Å²) in [5, 5.41) is 18.1. The van der Waals surface area contributed by atoms with E-state index in [-0.39, 0.29) is 17.9 Å². The van der Waals surface area contributed by atoms with Gasteiger partial charge in [0, 0.05) is 5.39 Å². The molecule has 2 aromatic rings. The van der Waals surface area contributed by atoms with E-state index in [1.165, 1.54) is 0 Å². The van der Waals surface area contributed by atoms with Gasteiger partial charge in [0.2, 0.25) is 0 Å². The van der Waals surface area contributed by atoms with Crippen LogP contribution in [0.4, 0.5) is 0 Å². The largest absolute Gasteiger partial charge is 0.478 e. The molecule has 0 saturated heterocycles. The number of carboxylic acid groups (broad SMARTS) is 1. The molecule has 1 aromatic carbocycles. The van der Waals surface area contributed by atoms with E-state index in [4.69, 9.17) is 14.7 Å². The van der Waals surface area contributed by atoms with Gasteiger partial charge in [-0.3, -0.25) is 0 Å². The monoisotopic (exact) mass is 207 g/mol. The van der Waals surface area contributed by atoms with Crippen molar-refractivity contribution in [1.82, 2.24) is 5.48 Å². The van der Waals surface area contributed by atoms with E-state index < -0.39 is 5.97 Å². The predicted molar refractivity (Wildman–Crippen MR) is 51.8 cm³/mol. The van der Waals surface area contributed by atoms with Crippen LogP contribution in [-0.2, 0) is 6.54 Å². The Morgan fingerprint density at radius 3 is 2.80 bits per heavy atom. The zero-order valence-corrected chi connectivity index (χ0v) is 7.73. The molecule has 3 N–H and O–H groups in total. The van der Waals surface area contributed by atoms with Crippen LogP contribution >= 0.6 is 0 Å². The van der Waals surface area contributed by atoms with Gasteiger partial charge in [-0.05, 0) is 6.07 Å². The van der Waals surface area contributed by atoms with Crippen molar-refractivity contribution in [3.63, 3.8) is 0 Å². The summed E-state index contributed by atoms with van der Waals surface area (Å²) in [6.45, 7) is -0.0314. The first-order chi connectivity index (χ1) is 7.24. The Morgan fingerprint density at radius 2 is 2.13 bits per heavy atom. The third-order valence-corrected chi connectivity index (χ3v) is 2.12. The number of carbonyl (C=O) groups is 1. The number of hydrogen-bond acceptors (Lipinski definition) is 4. The predicted octanol–water partition coefficient (Wildman–Crippen LogP) is 1.61. The van der Waals surface area contributed by atoms with Gasteiger partial charge in [0.15, 0.2) is 0 Å². The average molecular weight is 207 g/mol. The molecule has 78 valence electrons. The molecule has 15 heavy (non-hydrogen) atoms. The van der Waals surface area contributed by atoms with Crippen molar-refractivity contribution in [2.45, 2.75) is 6.54 Å². The van der Waals surface area contributed by atoms with Crippen molar-refractivity contribution in [3.8, 4) is 0 Å². The summed E-state index contributed by atoms with van der Waals surface area (Å²) in [4.78, 5) is 11.0. The molecule has 0 saturated carbocycles. The summed E-state index contributed by atoms with van der Waals surface area (Å²) in [6.07, 6.45) is 0. The number of hydroxylamine groups is 1. The van der Waals surface area contributed by atoms with Crippen molar-refractivity contribution in [1.29, 1.82) is 0 Å². The Bertz CT molecular complexity index is 503. The fourth-order valence-corrected chi connectivity index (χ4v) is 1.53. The molecular formula is C10H9NO4. The second-order valence-electron chi connectivity index (χ2n) is 3.04. The van der Waals surface area contributed by atoms with Gasteiger partial charge >= 0.3 is 5.97 Å². The highest BCUT2D eigenvalue weighted by Crippen LogP contribution is 2.25. The molecule has 5 nitrogen and oxygen atoms in total. The molecule has 0 spiro atoms. The van der Waals surface area contributed by atoms with E-state index in [2.05, 4.69) is 0 Å². The third-order valence-electron chi connectivity index (χ3n) is 2.12. The van der Waals surface area contributed by atoms with Crippen LogP contribution in [0.15, 0.2) is 28.7 Å². The van der Waals surface area contributed by atoms with E-state index >= 15 is 0 Å². The number of rotatable bonds is 3. The minimum Gasteiger partial charge on any atom is -0.478 e. The molecular weight excluding hydrogens is 198 g/mol. The van der Waals surface area contributed by atoms with E-state index in [0.717, 1.165) is 0 Å². The van der Waals surface area contributed by atoms with Crippen LogP contribution in [0.2, 0.25) is 0 Å². The topological polar surface area (TPSA) is 82.7 Å². The molecule has 0 amide bonds. The van der Waals surface area contributed by atoms with Crippen LogP contribution in [0.3, 0.4) is 0 Å². The van der Waals surface area contributed by atoms with Crippen LogP contribution in [-0.4, -0.2) is 16.3 Å². The first kappa shape index (κ1) is 9.70. The highest BCUT2D eigenvalue weighted by molar-refractivity contribution is 6.03. The lowest BCUT2D eigenvalue weighted by Gasteiger charge is -1.95. The van der Waals surface area contributed by atoms with Crippen LogP contribution in [0.25, 0.3) is 11.0 Å². The molecule has 0 bridgehead atoms. The van der Waals surface area contributed by atoms with Crippen molar-refractivity contribution in [2.24, 2.45) is 0 Å². The Hall–Kier alpha value is -1.85. The quantitative estimate of drug-likeness (QED) is 0.666. The smallest absolute Gasteiger partial charge is 0.339 e. The maximum Gasteiger partial charge on any atom is 0.339 e. The van der Waals surface area contributed by atoms with Gasteiger partial charge in [-0.15, -0.1) is 0 Å². The molecule has 0 aliphatic carbocycles. The summed E-state index contributed by atoms with van der Waals surface area (Å²) in [5.41, 5.74) is 2.47. The summed E-state index contributed by atoms with van der Waals surface area (Å²) in [7, 11) is 0. The first-order valence-electron chi connectivity index (χ1n) is 4.34. The van der Waals surface area contributed by atoms with Gasteiger partial charge in [0.05, 0.1) is 6.54 Å². The van der Waals surface area contributed by atoms with Crippen molar-refractivity contribution < 1.29 is 19.5 Å². The molecule has 0 atom stereocenters. The van der Waals surface area contributed by atoms with E-state index in [9.17, 15) is 4.79 Å². The van der Waals surface area contributed by atoms with Crippen molar-refractivity contribution >= 4 is 16.9 Å². The normalized spacial score (nSPS) is 10.7. The molecule has 1 aromatic heterocycles. The fourth-order valence-electron chi connectivity index (χ4n) is 1.53. The highest BCUT2D eigenvalue weighted by Gasteiger charge is 2.19. The van der Waals surface area contributed by atoms with Crippen molar-refractivity contribution in [2.75, 3.05) is 0 Å². The van der Waals surface area contributed by atoms with Crippen LogP contribution in [0, 0.1) is 0 Å². The second-order valence-corrected chi connectivity index (χ2v) is 3.04. The Kier molecular flexibility index (Phi) is 2.40. The van der Waals surface area contributed by atoms with Gasteiger partial charge in [0.25, 0.3) is 0 Å². The summed E-state index contributed by atoms with van der Waals surface area (Å²) in [6, 6.07) is 6.85. The van der Waals surface area contributed by atoms with Crippen LogP contribution in [0.1, 0.15) is 16.1 Å². The second kappa shape index (κ2) is 3.72. The zero-order valence-electron chi connectivity index (χ0n) is 7.73. The first-order valence-corrected chi connectivity index (χ1v) is 4.34. The maximum absolute atomic E-state index is 11.0. The summed E-state index contributed by atoms with van der Waals surface area (Å²) < 4.78 is 5.30. The Labute approximate surface area is 84.9 Å². The summed E-state index contributed by atoms with van der Waals surface area (Å²) in [5.74, 6) is -0.851. The SMILES string of the molecule is O=C(O)c1c(CNO)oc2ccccc12. The molecule has 0 unspecified atom stereocenters. The number of fused-ring (bicyclic) bond motifs is 1. The molecule has 0 aliphatic heterocycles. The van der Waals surface area contributed by atoms with Gasteiger partial charge in [-0.2, -0.15) is 5.48 Å². The Balaban J connectivity index is 2.69. The van der Waals surface area contributed by atoms with Crippen LogP contribution < -0.4 is 5.48 Å². The van der Waals surface area contributed by atoms with Gasteiger partial charge in [0.1, 0.15) is 16.9 Å². The van der Waals surface area contributed by atoms with Gasteiger partial charge in [-0.1, -0.05) is 18.2 Å². The number of nitrogens with one attached hydrogen (secondary N) is 1. The Morgan fingerprint density at radius 1 is 1.40 bits per heavy atom. The molecule has 2 rings (SSSR count). The highest BCUT2D eigenvalue weighted by atomic mass is 16.5. The number of benzene rings is 1. The number of furan rings is 1. The molecule has 5 heteroatoms. The van der Waals surface area contributed by atoms with E-state index in [1.54, 1.807) is 24.3 Å².